The van der Waals surface area contributed by atoms with Crippen molar-refractivity contribution in [3.63, 3.8) is 0 Å². The van der Waals surface area contributed by atoms with Gasteiger partial charge in [0.2, 0.25) is 5.91 Å². The smallest absolute Gasteiger partial charge is 0.238 e. The minimum Gasteiger partial charge on any atom is -0.489 e. The molecule has 5 rings (SSSR count). The third-order valence-corrected chi connectivity index (χ3v) is 6.11. The van der Waals surface area contributed by atoms with Crippen LogP contribution in [0.25, 0.3) is 10.9 Å². The Hall–Kier alpha value is -3.38. The highest BCUT2D eigenvalue weighted by Gasteiger charge is 2.33. The zero-order chi connectivity index (χ0) is 20.3. The van der Waals surface area contributed by atoms with Crippen molar-refractivity contribution in [2.45, 2.75) is 11.1 Å². The van der Waals surface area contributed by atoms with E-state index in [4.69, 9.17) is 4.74 Å². The standard InChI is InChI=1S/C24H19N3O2S/c28-23(15-30-24-18-10-4-5-11-19(18)25-16-26-24)27-20-12-6-7-13-22(20)29-14-21(27)17-8-2-1-3-9-17/h1-13,16,21H,14-15H2. The molecule has 3 aromatic carbocycles. The van der Waals surface area contributed by atoms with Gasteiger partial charge in [0.15, 0.2) is 0 Å². The van der Waals surface area contributed by atoms with Crippen LogP contribution in [0.5, 0.6) is 5.75 Å². The zero-order valence-corrected chi connectivity index (χ0v) is 17.0. The van der Waals surface area contributed by atoms with Gasteiger partial charge in [-0.3, -0.25) is 9.69 Å². The highest BCUT2D eigenvalue weighted by molar-refractivity contribution is 8.00. The first-order valence-corrected chi connectivity index (χ1v) is 10.7. The van der Waals surface area contributed by atoms with Crippen molar-refractivity contribution < 1.29 is 9.53 Å². The Morgan fingerprint density at radius 3 is 2.63 bits per heavy atom. The average molecular weight is 414 g/mol. The molecule has 1 atom stereocenters. The average Bonchev–Trinajstić information content (AvgIpc) is 2.82. The molecule has 30 heavy (non-hydrogen) atoms. The summed E-state index contributed by atoms with van der Waals surface area (Å²) in [5.41, 5.74) is 2.73. The molecular weight excluding hydrogens is 394 g/mol. The van der Waals surface area contributed by atoms with Gasteiger partial charge in [-0.05, 0) is 23.8 Å². The molecule has 0 fully saturated rings. The molecule has 1 aliphatic heterocycles. The van der Waals surface area contributed by atoms with Crippen LogP contribution in [-0.2, 0) is 4.79 Å². The van der Waals surface area contributed by atoms with E-state index in [0.29, 0.717) is 6.61 Å². The largest absolute Gasteiger partial charge is 0.489 e. The maximum absolute atomic E-state index is 13.5. The number of amides is 1. The van der Waals surface area contributed by atoms with Gasteiger partial charge in [0.1, 0.15) is 23.7 Å². The van der Waals surface area contributed by atoms with Crippen LogP contribution in [0.2, 0.25) is 0 Å². The fourth-order valence-electron chi connectivity index (χ4n) is 3.71. The Bertz CT molecular complexity index is 1190. The van der Waals surface area contributed by atoms with Crippen molar-refractivity contribution in [2.75, 3.05) is 17.3 Å². The second kappa shape index (κ2) is 8.16. The summed E-state index contributed by atoms with van der Waals surface area (Å²) in [5, 5.41) is 1.77. The summed E-state index contributed by atoms with van der Waals surface area (Å²) in [6.07, 6.45) is 1.55. The van der Waals surface area contributed by atoms with E-state index in [1.54, 1.807) is 6.33 Å². The third kappa shape index (κ3) is 3.50. The number of fused-ring (bicyclic) bond motifs is 2. The second-order valence-corrected chi connectivity index (χ2v) is 7.92. The number of anilines is 1. The predicted octanol–water partition coefficient (Wildman–Crippen LogP) is 4.89. The lowest BCUT2D eigenvalue weighted by molar-refractivity contribution is -0.117. The van der Waals surface area contributed by atoms with Crippen LogP contribution >= 0.6 is 11.8 Å². The molecule has 0 aliphatic carbocycles. The van der Waals surface area contributed by atoms with E-state index in [1.807, 2.05) is 83.8 Å². The van der Waals surface area contributed by atoms with Crippen molar-refractivity contribution in [3.8, 4) is 5.75 Å². The van der Waals surface area contributed by atoms with Gasteiger partial charge >= 0.3 is 0 Å². The number of carbonyl (C=O) groups is 1. The molecule has 0 bridgehead atoms. The molecule has 1 amide bonds. The Labute approximate surface area is 178 Å². The van der Waals surface area contributed by atoms with E-state index in [2.05, 4.69) is 9.97 Å². The molecule has 1 aromatic heterocycles. The molecule has 148 valence electrons. The van der Waals surface area contributed by atoms with Crippen LogP contribution < -0.4 is 9.64 Å². The van der Waals surface area contributed by atoms with E-state index in [-0.39, 0.29) is 17.7 Å². The third-order valence-electron chi connectivity index (χ3n) is 5.12. The van der Waals surface area contributed by atoms with Gasteiger partial charge in [-0.25, -0.2) is 9.97 Å². The maximum Gasteiger partial charge on any atom is 0.238 e. The number of hydrogen-bond acceptors (Lipinski definition) is 5. The number of thioether (sulfide) groups is 1. The van der Waals surface area contributed by atoms with Gasteiger partial charge in [-0.1, -0.05) is 72.4 Å². The molecule has 6 heteroatoms. The van der Waals surface area contributed by atoms with Crippen molar-refractivity contribution in [2.24, 2.45) is 0 Å². The van der Waals surface area contributed by atoms with E-state index in [0.717, 1.165) is 32.9 Å². The quantitative estimate of drug-likeness (QED) is 0.352. The highest BCUT2D eigenvalue weighted by Crippen LogP contribution is 2.40. The van der Waals surface area contributed by atoms with Gasteiger partial charge in [-0.2, -0.15) is 0 Å². The van der Waals surface area contributed by atoms with Crippen molar-refractivity contribution in [3.05, 3.63) is 90.8 Å². The van der Waals surface area contributed by atoms with Gasteiger partial charge < -0.3 is 4.74 Å². The fourth-order valence-corrected chi connectivity index (χ4v) is 4.56. The molecule has 0 spiro atoms. The van der Waals surface area contributed by atoms with Gasteiger partial charge in [0.25, 0.3) is 0 Å². The molecule has 1 unspecified atom stereocenters. The maximum atomic E-state index is 13.5. The summed E-state index contributed by atoms with van der Waals surface area (Å²) >= 11 is 1.44. The Morgan fingerprint density at radius 1 is 0.967 bits per heavy atom. The highest BCUT2D eigenvalue weighted by atomic mass is 32.2. The second-order valence-electron chi connectivity index (χ2n) is 6.95. The lowest BCUT2D eigenvalue weighted by Gasteiger charge is -2.37. The number of nitrogens with zero attached hydrogens (tertiary/aromatic N) is 3. The number of rotatable bonds is 4. The Kier molecular flexibility index (Phi) is 5.07. The van der Waals surface area contributed by atoms with E-state index >= 15 is 0 Å². The summed E-state index contributed by atoms with van der Waals surface area (Å²) in [7, 11) is 0. The molecule has 1 aliphatic rings. The van der Waals surface area contributed by atoms with Gasteiger partial charge in [0.05, 0.1) is 23.0 Å². The first-order chi connectivity index (χ1) is 14.8. The first-order valence-electron chi connectivity index (χ1n) is 9.72. The zero-order valence-electron chi connectivity index (χ0n) is 16.1. The number of ether oxygens (including phenoxy) is 1. The number of hydrogen-bond donors (Lipinski definition) is 0. The number of carbonyl (C=O) groups excluding carboxylic acids is 1. The topological polar surface area (TPSA) is 55.3 Å². The summed E-state index contributed by atoms with van der Waals surface area (Å²) in [5.74, 6) is 1.03. The minimum atomic E-state index is -0.170. The Balaban J connectivity index is 1.45. The molecule has 5 nitrogen and oxygen atoms in total. The molecule has 4 aromatic rings. The summed E-state index contributed by atoms with van der Waals surface area (Å²) in [6, 6.07) is 25.4. The van der Waals surface area contributed by atoms with Crippen LogP contribution in [0.15, 0.2) is 90.2 Å². The SMILES string of the molecule is O=C(CSc1ncnc2ccccc12)N1c2ccccc2OCC1c1ccccc1. The molecule has 0 N–H and O–H groups in total. The van der Waals surface area contributed by atoms with Crippen LogP contribution in [0.1, 0.15) is 11.6 Å². The summed E-state index contributed by atoms with van der Waals surface area (Å²) in [6.45, 7) is 0.424. The number of para-hydroxylation sites is 3. The van der Waals surface area contributed by atoms with Crippen molar-refractivity contribution >= 4 is 34.3 Å². The fraction of sp³-hybridized carbons (Fsp3) is 0.125. The number of aromatic nitrogens is 2. The normalized spacial score (nSPS) is 15.5. The van der Waals surface area contributed by atoms with E-state index in [1.165, 1.54) is 11.8 Å². The van der Waals surface area contributed by atoms with Crippen LogP contribution in [0, 0.1) is 0 Å². The van der Waals surface area contributed by atoms with Crippen LogP contribution in [-0.4, -0.2) is 28.2 Å². The van der Waals surface area contributed by atoms with Gasteiger partial charge in [-0.15, -0.1) is 0 Å². The predicted molar refractivity (Wildman–Crippen MR) is 119 cm³/mol. The van der Waals surface area contributed by atoms with Crippen molar-refractivity contribution in [1.29, 1.82) is 0 Å². The van der Waals surface area contributed by atoms with Crippen LogP contribution in [0.4, 0.5) is 5.69 Å². The molecule has 0 radical (unpaired) electrons. The van der Waals surface area contributed by atoms with Crippen LogP contribution in [0.3, 0.4) is 0 Å². The number of benzene rings is 3. The summed E-state index contributed by atoms with van der Waals surface area (Å²) in [4.78, 5) is 24.0. The molecule has 2 heterocycles. The minimum absolute atomic E-state index is 0.0206. The molecule has 0 saturated carbocycles. The molecule has 0 saturated heterocycles. The van der Waals surface area contributed by atoms with E-state index < -0.39 is 0 Å². The van der Waals surface area contributed by atoms with E-state index in [9.17, 15) is 4.79 Å². The lowest BCUT2D eigenvalue weighted by atomic mass is 10.0. The molecular formula is C24H19N3O2S. The Morgan fingerprint density at radius 2 is 1.73 bits per heavy atom. The lowest BCUT2D eigenvalue weighted by Crippen LogP contribution is -2.42. The van der Waals surface area contributed by atoms with Gasteiger partial charge in [0, 0.05) is 5.39 Å². The summed E-state index contributed by atoms with van der Waals surface area (Å²) < 4.78 is 5.97. The monoisotopic (exact) mass is 413 g/mol. The van der Waals surface area contributed by atoms with Crippen molar-refractivity contribution in [1.82, 2.24) is 9.97 Å². The first kappa shape index (κ1) is 18.6.